The molecule has 0 radical (unpaired) electrons. The van der Waals surface area contributed by atoms with Crippen LogP contribution in [0.2, 0.25) is 0 Å². The third kappa shape index (κ3) is 4.48. The van der Waals surface area contributed by atoms with Gasteiger partial charge in [0.1, 0.15) is 0 Å². The minimum absolute atomic E-state index is 0.108. The van der Waals surface area contributed by atoms with Crippen LogP contribution in [-0.4, -0.2) is 45.1 Å². The molecule has 7 heteroatoms. The summed E-state index contributed by atoms with van der Waals surface area (Å²) in [6.07, 6.45) is 3.50. The molecular formula is C13H25N5O2. The van der Waals surface area contributed by atoms with E-state index in [1.54, 1.807) is 11.6 Å². The molecule has 1 aromatic heterocycles. The zero-order valence-electron chi connectivity index (χ0n) is 12.8. The Balaban J connectivity index is 2.48. The summed E-state index contributed by atoms with van der Waals surface area (Å²) in [7, 11) is 1.75. The van der Waals surface area contributed by atoms with Crippen LogP contribution in [0.1, 0.15) is 33.6 Å². The van der Waals surface area contributed by atoms with Gasteiger partial charge in [0.05, 0.1) is 0 Å². The summed E-state index contributed by atoms with van der Waals surface area (Å²) in [5.41, 5.74) is 0. The van der Waals surface area contributed by atoms with Gasteiger partial charge in [0.15, 0.2) is 0 Å². The third-order valence-electron chi connectivity index (χ3n) is 3.48. The smallest absolute Gasteiger partial charge is 0.362 e. The Labute approximate surface area is 120 Å². The molecule has 0 bridgehead atoms. The number of aryl methyl sites for hydroxylation is 1. The summed E-state index contributed by atoms with van der Waals surface area (Å²) in [4.78, 5) is 16.6. The fraction of sp³-hybridized carbons (Fsp3) is 0.769. The number of imidazole rings is 1. The lowest BCUT2D eigenvalue weighted by atomic mass is 10.1. The number of aromatic nitrogens is 2. The Morgan fingerprint density at radius 1 is 1.50 bits per heavy atom. The molecule has 0 amide bonds. The van der Waals surface area contributed by atoms with E-state index in [1.807, 2.05) is 6.92 Å². The second-order valence-electron chi connectivity index (χ2n) is 5.00. The van der Waals surface area contributed by atoms with Gasteiger partial charge in [0, 0.05) is 13.1 Å². The molecule has 1 unspecified atom stereocenters. The van der Waals surface area contributed by atoms with Gasteiger partial charge >= 0.3 is 5.82 Å². The van der Waals surface area contributed by atoms with Gasteiger partial charge in [-0.3, -0.25) is 4.57 Å². The molecule has 0 aliphatic rings. The lowest BCUT2D eigenvalue weighted by Gasteiger charge is -2.20. The van der Waals surface area contributed by atoms with E-state index < -0.39 is 4.92 Å². The highest BCUT2D eigenvalue weighted by Crippen LogP contribution is 2.22. The standard InChI is InChI=1S/C13H25N5O2/c1-5-17(6-2)9-7-8-11(3)15-13-12(18(19)20)14-10-16(13)4/h10-11,15H,5-9H2,1-4H3. The maximum absolute atomic E-state index is 10.9. The SMILES string of the molecule is CCN(CC)CCCC(C)Nc1c([N+](=O)[O-])ncn1C. The normalized spacial score (nSPS) is 12.7. The van der Waals surface area contributed by atoms with E-state index in [-0.39, 0.29) is 11.9 Å². The van der Waals surface area contributed by atoms with Crippen molar-refractivity contribution >= 4 is 11.6 Å². The summed E-state index contributed by atoms with van der Waals surface area (Å²) < 4.78 is 1.65. The van der Waals surface area contributed by atoms with Gasteiger partial charge in [0.25, 0.3) is 0 Å². The summed E-state index contributed by atoms with van der Waals surface area (Å²) in [6, 6.07) is 0.180. The minimum atomic E-state index is -0.453. The monoisotopic (exact) mass is 283 g/mol. The van der Waals surface area contributed by atoms with Crippen molar-refractivity contribution in [1.29, 1.82) is 0 Å². The number of nitro groups is 1. The van der Waals surface area contributed by atoms with Gasteiger partial charge in [-0.05, 0) is 49.3 Å². The van der Waals surface area contributed by atoms with Gasteiger partial charge in [-0.25, -0.2) is 0 Å². The van der Waals surface area contributed by atoms with Crippen molar-refractivity contribution in [2.24, 2.45) is 7.05 Å². The molecule has 0 saturated heterocycles. The van der Waals surface area contributed by atoms with Crippen LogP contribution in [0.25, 0.3) is 0 Å². The van der Waals surface area contributed by atoms with Gasteiger partial charge in [0.2, 0.25) is 12.1 Å². The van der Waals surface area contributed by atoms with Crippen molar-refractivity contribution < 1.29 is 4.92 Å². The van der Waals surface area contributed by atoms with Crippen LogP contribution in [0.15, 0.2) is 6.33 Å². The molecule has 1 heterocycles. The Hall–Kier alpha value is -1.63. The molecule has 1 aromatic rings. The van der Waals surface area contributed by atoms with Crippen LogP contribution in [0, 0.1) is 10.1 Å². The minimum Gasteiger partial charge on any atom is -0.362 e. The molecule has 7 nitrogen and oxygen atoms in total. The Kier molecular flexibility index (Phi) is 6.44. The van der Waals surface area contributed by atoms with E-state index in [4.69, 9.17) is 0 Å². The lowest BCUT2D eigenvalue weighted by Crippen LogP contribution is -2.26. The zero-order chi connectivity index (χ0) is 15.1. The first-order chi connectivity index (χ1) is 9.49. The quantitative estimate of drug-likeness (QED) is 0.555. The molecule has 0 fully saturated rings. The second-order valence-corrected chi connectivity index (χ2v) is 5.00. The molecular weight excluding hydrogens is 258 g/mol. The predicted molar refractivity (Wildman–Crippen MR) is 80.0 cm³/mol. The van der Waals surface area contributed by atoms with Crippen LogP contribution in [-0.2, 0) is 7.05 Å². The zero-order valence-corrected chi connectivity index (χ0v) is 12.8. The summed E-state index contributed by atoms with van der Waals surface area (Å²) in [6.45, 7) is 9.54. The van der Waals surface area contributed by atoms with Crippen LogP contribution >= 0.6 is 0 Å². The molecule has 0 aliphatic carbocycles. The number of anilines is 1. The molecule has 1 atom stereocenters. The van der Waals surface area contributed by atoms with Crippen molar-refractivity contribution in [3.05, 3.63) is 16.4 Å². The molecule has 114 valence electrons. The largest absolute Gasteiger partial charge is 0.406 e. The summed E-state index contributed by atoms with van der Waals surface area (Å²) >= 11 is 0. The number of nitrogens with one attached hydrogen (secondary N) is 1. The fourth-order valence-corrected chi connectivity index (χ4v) is 2.18. The lowest BCUT2D eigenvalue weighted by molar-refractivity contribution is -0.388. The molecule has 0 saturated carbocycles. The average Bonchev–Trinajstić information content (AvgIpc) is 2.76. The molecule has 0 spiro atoms. The van der Waals surface area contributed by atoms with Gasteiger partial charge < -0.3 is 20.3 Å². The number of hydrogen-bond donors (Lipinski definition) is 1. The van der Waals surface area contributed by atoms with Crippen LogP contribution in [0.4, 0.5) is 11.6 Å². The summed E-state index contributed by atoms with van der Waals surface area (Å²) in [5.74, 6) is 0.369. The Morgan fingerprint density at radius 2 is 2.15 bits per heavy atom. The molecule has 20 heavy (non-hydrogen) atoms. The van der Waals surface area contributed by atoms with E-state index in [0.717, 1.165) is 32.5 Å². The van der Waals surface area contributed by atoms with E-state index in [1.165, 1.54) is 6.33 Å². The summed E-state index contributed by atoms with van der Waals surface area (Å²) in [5, 5.41) is 14.1. The van der Waals surface area contributed by atoms with Crippen LogP contribution in [0.5, 0.6) is 0 Å². The first-order valence-corrected chi connectivity index (χ1v) is 7.14. The van der Waals surface area contributed by atoms with E-state index in [2.05, 4.69) is 29.0 Å². The third-order valence-corrected chi connectivity index (χ3v) is 3.48. The molecule has 1 rings (SSSR count). The van der Waals surface area contributed by atoms with Crippen LogP contribution < -0.4 is 5.32 Å². The van der Waals surface area contributed by atoms with Crippen molar-refractivity contribution in [3.63, 3.8) is 0 Å². The Morgan fingerprint density at radius 3 is 2.70 bits per heavy atom. The maximum Gasteiger partial charge on any atom is 0.406 e. The predicted octanol–water partition coefficient (Wildman–Crippen LogP) is 2.25. The maximum atomic E-state index is 10.9. The average molecular weight is 283 g/mol. The van der Waals surface area contributed by atoms with Crippen molar-refractivity contribution in [2.45, 2.75) is 39.7 Å². The van der Waals surface area contributed by atoms with Crippen LogP contribution in [0.3, 0.4) is 0 Å². The fourth-order valence-electron chi connectivity index (χ4n) is 2.18. The molecule has 0 aliphatic heterocycles. The first kappa shape index (κ1) is 16.4. The van der Waals surface area contributed by atoms with E-state index in [9.17, 15) is 10.1 Å². The number of nitrogens with zero attached hydrogens (tertiary/aromatic N) is 4. The van der Waals surface area contributed by atoms with Crippen molar-refractivity contribution in [2.75, 3.05) is 25.0 Å². The number of hydrogen-bond acceptors (Lipinski definition) is 5. The Bertz CT molecular complexity index is 428. The molecule has 0 aromatic carbocycles. The second kappa shape index (κ2) is 7.84. The van der Waals surface area contributed by atoms with Gasteiger partial charge in [-0.2, -0.15) is 0 Å². The number of rotatable bonds is 9. The van der Waals surface area contributed by atoms with Crippen molar-refractivity contribution in [3.8, 4) is 0 Å². The van der Waals surface area contributed by atoms with Crippen molar-refractivity contribution in [1.82, 2.24) is 14.5 Å². The topological polar surface area (TPSA) is 76.2 Å². The highest BCUT2D eigenvalue weighted by Gasteiger charge is 2.21. The first-order valence-electron chi connectivity index (χ1n) is 7.14. The van der Waals surface area contributed by atoms with Gasteiger partial charge in [-0.15, -0.1) is 0 Å². The van der Waals surface area contributed by atoms with E-state index >= 15 is 0 Å². The molecule has 1 N–H and O–H groups in total. The highest BCUT2D eigenvalue weighted by molar-refractivity contribution is 5.52. The highest BCUT2D eigenvalue weighted by atomic mass is 16.6. The van der Waals surface area contributed by atoms with E-state index in [0.29, 0.717) is 5.82 Å². The van der Waals surface area contributed by atoms with Gasteiger partial charge in [-0.1, -0.05) is 13.8 Å².